The van der Waals surface area contributed by atoms with Crippen molar-refractivity contribution < 1.29 is 13.6 Å². The Bertz CT molecular complexity index is 643. The molecule has 1 N–H and O–H groups in total. The van der Waals surface area contributed by atoms with Gasteiger partial charge in [0.1, 0.15) is 0 Å². The lowest BCUT2D eigenvalue weighted by Gasteiger charge is -2.06. The van der Waals surface area contributed by atoms with E-state index in [0.717, 1.165) is 24.2 Å². The summed E-state index contributed by atoms with van der Waals surface area (Å²) >= 11 is 5.72. The minimum atomic E-state index is -1.11. The fourth-order valence-electron chi connectivity index (χ4n) is 1.64. The molecule has 1 amide bonds. The molecule has 0 unspecified atom stereocenters. The Morgan fingerprint density at radius 3 is 2.75 bits per heavy atom. The van der Waals surface area contributed by atoms with Crippen LogP contribution in [0.5, 0.6) is 0 Å². The van der Waals surface area contributed by atoms with Gasteiger partial charge in [-0.3, -0.25) is 9.48 Å². The number of rotatable bonds is 4. The summed E-state index contributed by atoms with van der Waals surface area (Å²) in [7, 11) is 0. The Hall–Kier alpha value is -1.95. The predicted octanol–water partition coefficient (Wildman–Crippen LogP) is 2.76. The third kappa shape index (κ3) is 3.14. The van der Waals surface area contributed by atoms with Gasteiger partial charge in [-0.25, -0.2) is 8.78 Å². The molecule has 0 radical (unpaired) electrons. The van der Waals surface area contributed by atoms with E-state index in [-0.39, 0.29) is 17.1 Å². The van der Waals surface area contributed by atoms with E-state index in [1.54, 1.807) is 17.1 Å². The Morgan fingerprint density at radius 2 is 2.10 bits per heavy atom. The number of nitrogens with zero attached hydrogens (tertiary/aromatic N) is 2. The van der Waals surface area contributed by atoms with Gasteiger partial charge in [0.2, 0.25) is 0 Å². The second-order valence-corrected chi connectivity index (χ2v) is 4.54. The van der Waals surface area contributed by atoms with E-state index in [9.17, 15) is 13.6 Å². The van der Waals surface area contributed by atoms with E-state index >= 15 is 0 Å². The minimum Gasteiger partial charge on any atom is -0.348 e. The normalized spacial score (nSPS) is 10.6. The average Bonchev–Trinajstić information content (AvgIpc) is 2.88. The number of aromatic nitrogens is 2. The second-order valence-electron chi connectivity index (χ2n) is 4.13. The molecule has 1 aromatic carbocycles. The number of carbonyl (C=O) groups excluding carboxylic acids is 1. The van der Waals surface area contributed by atoms with Gasteiger partial charge in [-0.05, 0) is 19.1 Å². The first-order valence-corrected chi connectivity index (χ1v) is 6.33. The topological polar surface area (TPSA) is 46.9 Å². The molecule has 20 heavy (non-hydrogen) atoms. The molecular formula is C13H12ClF2N3O. The number of hydrogen-bond donors (Lipinski definition) is 1. The van der Waals surface area contributed by atoms with Crippen molar-refractivity contribution in [3.63, 3.8) is 0 Å². The SMILES string of the molecule is CCn1cc(CNC(=O)c2cc(F)c(F)cc2Cl)cn1. The number of hydrogen-bond acceptors (Lipinski definition) is 2. The molecule has 0 spiro atoms. The standard InChI is InChI=1S/C13H12ClF2N3O/c1-2-19-7-8(6-18-19)5-17-13(20)9-3-11(15)12(16)4-10(9)14/h3-4,6-7H,2,5H2,1H3,(H,17,20). The zero-order chi connectivity index (χ0) is 14.7. The highest BCUT2D eigenvalue weighted by Gasteiger charge is 2.14. The third-order valence-electron chi connectivity index (χ3n) is 2.72. The van der Waals surface area contributed by atoms with Gasteiger partial charge < -0.3 is 5.32 Å². The minimum absolute atomic E-state index is 0.103. The average molecular weight is 300 g/mol. The predicted molar refractivity (Wildman–Crippen MR) is 70.4 cm³/mol. The van der Waals surface area contributed by atoms with Crippen molar-refractivity contribution >= 4 is 17.5 Å². The van der Waals surface area contributed by atoms with Crippen LogP contribution < -0.4 is 5.32 Å². The molecule has 0 fully saturated rings. The first-order valence-electron chi connectivity index (χ1n) is 5.95. The quantitative estimate of drug-likeness (QED) is 0.883. The van der Waals surface area contributed by atoms with Gasteiger partial charge in [-0.15, -0.1) is 0 Å². The zero-order valence-corrected chi connectivity index (χ0v) is 11.4. The number of carbonyl (C=O) groups is 1. The van der Waals surface area contributed by atoms with Crippen LogP contribution in [0.15, 0.2) is 24.5 Å². The molecule has 0 saturated carbocycles. The summed E-state index contributed by atoms with van der Waals surface area (Å²) in [6.07, 6.45) is 3.41. The highest BCUT2D eigenvalue weighted by atomic mass is 35.5. The molecule has 106 valence electrons. The van der Waals surface area contributed by atoms with Crippen LogP contribution in [-0.2, 0) is 13.1 Å². The van der Waals surface area contributed by atoms with Crippen LogP contribution in [0.4, 0.5) is 8.78 Å². The number of amides is 1. The first kappa shape index (κ1) is 14.5. The van der Waals surface area contributed by atoms with Gasteiger partial charge in [-0.2, -0.15) is 5.10 Å². The molecule has 1 heterocycles. The molecule has 0 aliphatic rings. The smallest absolute Gasteiger partial charge is 0.253 e. The first-order chi connectivity index (χ1) is 9.51. The van der Waals surface area contributed by atoms with Crippen molar-refractivity contribution in [2.45, 2.75) is 20.0 Å². The summed E-state index contributed by atoms with van der Waals surface area (Å²) in [5.41, 5.74) is 0.701. The summed E-state index contributed by atoms with van der Waals surface area (Å²) in [6, 6.07) is 1.56. The molecule has 0 saturated heterocycles. The maximum Gasteiger partial charge on any atom is 0.253 e. The van der Waals surface area contributed by atoms with Gasteiger partial charge in [0, 0.05) is 24.8 Å². The van der Waals surface area contributed by atoms with E-state index in [0.29, 0.717) is 0 Å². The molecule has 0 aliphatic carbocycles. The highest BCUT2D eigenvalue weighted by Crippen LogP contribution is 2.20. The van der Waals surface area contributed by atoms with Gasteiger partial charge in [-0.1, -0.05) is 11.6 Å². The van der Waals surface area contributed by atoms with E-state index in [1.165, 1.54) is 0 Å². The van der Waals surface area contributed by atoms with Gasteiger partial charge in [0.25, 0.3) is 5.91 Å². The molecule has 2 rings (SSSR count). The van der Waals surface area contributed by atoms with E-state index in [1.807, 2.05) is 6.92 Å². The van der Waals surface area contributed by atoms with Crippen molar-refractivity contribution in [2.24, 2.45) is 0 Å². The van der Waals surface area contributed by atoms with E-state index in [4.69, 9.17) is 11.6 Å². The van der Waals surface area contributed by atoms with Crippen LogP contribution in [-0.4, -0.2) is 15.7 Å². The lowest BCUT2D eigenvalue weighted by atomic mass is 10.2. The maximum atomic E-state index is 13.1. The van der Waals surface area contributed by atoms with Crippen LogP contribution in [0.25, 0.3) is 0 Å². The summed E-state index contributed by atoms with van der Waals surface area (Å²) in [5.74, 6) is -2.77. The molecule has 7 heteroatoms. The van der Waals surface area contributed by atoms with Gasteiger partial charge >= 0.3 is 0 Å². The zero-order valence-electron chi connectivity index (χ0n) is 10.7. The molecule has 1 aromatic heterocycles. The monoisotopic (exact) mass is 299 g/mol. The van der Waals surface area contributed by atoms with Crippen LogP contribution in [0, 0.1) is 11.6 Å². The van der Waals surface area contributed by atoms with Crippen molar-refractivity contribution in [1.82, 2.24) is 15.1 Å². The third-order valence-corrected chi connectivity index (χ3v) is 3.03. The number of halogens is 3. The van der Waals surface area contributed by atoms with Crippen molar-refractivity contribution in [1.29, 1.82) is 0 Å². The highest BCUT2D eigenvalue weighted by molar-refractivity contribution is 6.33. The Balaban J connectivity index is 2.07. The maximum absolute atomic E-state index is 13.1. The van der Waals surface area contributed by atoms with E-state index < -0.39 is 17.5 Å². The Labute approximate surface area is 119 Å². The number of aryl methyl sites for hydroxylation is 1. The van der Waals surface area contributed by atoms with Gasteiger partial charge in [0.15, 0.2) is 11.6 Å². The molecule has 0 atom stereocenters. The second kappa shape index (κ2) is 6.00. The van der Waals surface area contributed by atoms with E-state index in [2.05, 4.69) is 10.4 Å². The molecular weight excluding hydrogens is 288 g/mol. The van der Waals surface area contributed by atoms with Gasteiger partial charge in [0.05, 0.1) is 16.8 Å². The van der Waals surface area contributed by atoms with Crippen molar-refractivity contribution in [3.05, 3.63) is 52.3 Å². The van der Waals surface area contributed by atoms with Crippen LogP contribution in [0.2, 0.25) is 5.02 Å². The number of nitrogens with one attached hydrogen (secondary N) is 1. The Kier molecular flexibility index (Phi) is 4.34. The lowest BCUT2D eigenvalue weighted by Crippen LogP contribution is -2.23. The summed E-state index contributed by atoms with van der Waals surface area (Å²) in [5, 5.41) is 6.50. The molecule has 0 aliphatic heterocycles. The molecule has 2 aromatic rings. The van der Waals surface area contributed by atoms with Crippen LogP contribution in [0.1, 0.15) is 22.8 Å². The fourth-order valence-corrected chi connectivity index (χ4v) is 1.88. The molecule has 0 bridgehead atoms. The van der Waals surface area contributed by atoms with Crippen molar-refractivity contribution in [3.8, 4) is 0 Å². The summed E-state index contributed by atoms with van der Waals surface area (Å²) < 4.78 is 27.7. The summed E-state index contributed by atoms with van der Waals surface area (Å²) in [6.45, 7) is 2.90. The largest absolute Gasteiger partial charge is 0.348 e. The van der Waals surface area contributed by atoms with Crippen LogP contribution >= 0.6 is 11.6 Å². The van der Waals surface area contributed by atoms with Crippen LogP contribution in [0.3, 0.4) is 0 Å². The summed E-state index contributed by atoms with van der Waals surface area (Å²) in [4.78, 5) is 11.9. The van der Waals surface area contributed by atoms with Crippen molar-refractivity contribution in [2.75, 3.05) is 0 Å². The lowest BCUT2D eigenvalue weighted by molar-refractivity contribution is 0.0950. The molecule has 4 nitrogen and oxygen atoms in total. The fraction of sp³-hybridized carbons (Fsp3) is 0.231. The Morgan fingerprint density at radius 1 is 1.40 bits per heavy atom. The number of benzene rings is 1.